The average Bonchev–Trinajstić information content (AvgIpc) is 2.30. The van der Waals surface area contributed by atoms with Crippen LogP contribution < -0.4 is 10.9 Å². The minimum Gasteiger partial charge on any atom is -0.381 e. The highest BCUT2D eigenvalue weighted by Crippen LogP contribution is 2.27. The number of aromatic nitrogens is 2. The van der Waals surface area contributed by atoms with E-state index in [0.29, 0.717) is 6.04 Å². The van der Waals surface area contributed by atoms with Crippen LogP contribution in [0.15, 0.2) is 17.1 Å². The molecule has 1 aliphatic carbocycles. The van der Waals surface area contributed by atoms with Crippen molar-refractivity contribution >= 4 is 5.69 Å². The molecule has 4 heteroatoms. The minimum absolute atomic E-state index is 0.146. The van der Waals surface area contributed by atoms with Gasteiger partial charge >= 0.3 is 0 Å². The Balaban J connectivity index is 1.89. The second-order valence-electron chi connectivity index (χ2n) is 4.60. The van der Waals surface area contributed by atoms with Gasteiger partial charge in [0.15, 0.2) is 0 Å². The Morgan fingerprint density at radius 2 is 2.19 bits per heavy atom. The molecular weight excluding hydrogens is 202 g/mol. The molecule has 0 saturated heterocycles. The Hall–Kier alpha value is -1.32. The molecule has 0 spiro atoms. The van der Waals surface area contributed by atoms with Gasteiger partial charge in [0, 0.05) is 12.1 Å². The normalized spacial score (nSPS) is 25.3. The number of nitrogens with zero attached hydrogens (tertiary/aromatic N) is 1. The molecule has 1 saturated carbocycles. The van der Waals surface area contributed by atoms with E-state index in [9.17, 15) is 4.79 Å². The molecule has 2 N–H and O–H groups in total. The summed E-state index contributed by atoms with van der Waals surface area (Å²) in [6.45, 7) is 2.26. The molecule has 2 rings (SSSR count). The van der Waals surface area contributed by atoms with Crippen LogP contribution in [0.4, 0.5) is 5.69 Å². The first-order valence-corrected chi connectivity index (χ1v) is 6.09. The van der Waals surface area contributed by atoms with E-state index in [1.165, 1.54) is 32.1 Å². The standard InChI is InChI=1S/C12H19N3O/c1-2-9-3-5-10(6-4-9)14-11-7-12(16)15-13-8-11/h7-10H,2-6H2,1H3,(H2,14,15,16). The van der Waals surface area contributed by atoms with E-state index in [1.807, 2.05) is 0 Å². The van der Waals surface area contributed by atoms with Gasteiger partial charge in [0.05, 0.1) is 11.9 Å². The lowest BCUT2D eigenvalue weighted by Crippen LogP contribution is -2.26. The van der Waals surface area contributed by atoms with Gasteiger partial charge in [0.2, 0.25) is 0 Å². The van der Waals surface area contributed by atoms with E-state index in [2.05, 4.69) is 22.4 Å². The lowest BCUT2D eigenvalue weighted by molar-refractivity contribution is 0.330. The summed E-state index contributed by atoms with van der Waals surface area (Å²) < 4.78 is 0. The van der Waals surface area contributed by atoms with Crippen molar-refractivity contribution in [1.29, 1.82) is 0 Å². The highest BCUT2D eigenvalue weighted by molar-refractivity contribution is 5.39. The Bertz CT molecular complexity index is 380. The highest BCUT2D eigenvalue weighted by atomic mass is 16.1. The van der Waals surface area contributed by atoms with Crippen LogP contribution in [0.25, 0.3) is 0 Å². The van der Waals surface area contributed by atoms with E-state index < -0.39 is 0 Å². The summed E-state index contributed by atoms with van der Waals surface area (Å²) in [5.41, 5.74) is 0.691. The summed E-state index contributed by atoms with van der Waals surface area (Å²) in [5, 5.41) is 9.54. The zero-order chi connectivity index (χ0) is 11.4. The zero-order valence-corrected chi connectivity index (χ0v) is 9.70. The van der Waals surface area contributed by atoms with Crippen molar-refractivity contribution in [3.63, 3.8) is 0 Å². The number of hydrogen-bond donors (Lipinski definition) is 2. The van der Waals surface area contributed by atoms with E-state index >= 15 is 0 Å². The fraction of sp³-hybridized carbons (Fsp3) is 0.667. The lowest BCUT2D eigenvalue weighted by Gasteiger charge is -2.28. The van der Waals surface area contributed by atoms with Crippen molar-refractivity contribution in [2.75, 3.05) is 5.32 Å². The van der Waals surface area contributed by atoms with E-state index in [1.54, 1.807) is 12.3 Å². The van der Waals surface area contributed by atoms with Gasteiger partial charge in [0.25, 0.3) is 5.56 Å². The van der Waals surface area contributed by atoms with Gasteiger partial charge in [-0.1, -0.05) is 13.3 Å². The van der Waals surface area contributed by atoms with E-state index in [0.717, 1.165) is 11.6 Å². The quantitative estimate of drug-likeness (QED) is 0.822. The zero-order valence-electron chi connectivity index (χ0n) is 9.70. The van der Waals surface area contributed by atoms with Crippen molar-refractivity contribution in [2.45, 2.75) is 45.1 Å². The second kappa shape index (κ2) is 5.14. The monoisotopic (exact) mass is 221 g/mol. The predicted octanol–water partition coefficient (Wildman–Crippen LogP) is 2.15. The number of anilines is 1. The predicted molar refractivity (Wildman–Crippen MR) is 64.5 cm³/mol. The number of hydrogen-bond acceptors (Lipinski definition) is 3. The first kappa shape index (κ1) is 11.2. The Labute approximate surface area is 95.5 Å². The molecular formula is C12H19N3O. The maximum atomic E-state index is 11.1. The number of H-pyrrole nitrogens is 1. The summed E-state index contributed by atoms with van der Waals surface area (Å²) in [4.78, 5) is 11.1. The van der Waals surface area contributed by atoms with Crippen molar-refractivity contribution < 1.29 is 0 Å². The van der Waals surface area contributed by atoms with Crippen molar-refractivity contribution in [2.24, 2.45) is 5.92 Å². The van der Waals surface area contributed by atoms with Crippen molar-refractivity contribution in [3.8, 4) is 0 Å². The highest BCUT2D eigenvalue weighted by Gasteiger charge is 2.19. The van der Waals surface area contributed by atoms with Crippen LogP contribution in [0.1, 0.15) is 39.0 Å². The molecule has 1 aliphatic rings. The first-order chi connectivity index (χ1) is 7.78. The third-order valence-corrected chi connectivity index (χ3v) is 3.46. The van der Waals surface area contributed by atoms with Crippen LogP contribution in [0, 0.1) is 5.92 Å². The Kier molecular flexibility index (Phi) is 3.59. The summed E-state index contributed by atoms with van der Waals surface area (Å²) in [5.74, 6) is 0.898. The fourth-order valence-corrected chi connectivity index (χ4v) is 2.41. The second-order valence-corrected chi connectivity index (χ2v) is 4.60. The molecule has 0 bridgehead atoms. The largest absolute Gasteiger partial charge is 0.381 e. The van der Waals surface area contributed by atoms with Crippen LogP contribution >= 0.6 is 0 Å². The third-order valence-electron chi connectivity index (χ3n) is 3.46. The molecule has 1 aromatic rings. The molecule has 0 radical (unpaired) electrons. The maximum absolute atomic E-state index is 11.1. The smallest absolute Gasteiger partial charge is 0.266 e. The van der Waals surface area contributed by atoms with Gasteiger partial charge in [-0.2, -0.15) is 5.10 Å². The molecule has 1 heterocycles. The van der Waals surface area contributed by atoms with Gasteiger partial charge in [-0.05, 0) is 31.6 Å². The topological polar surface area (TPSA) is 57.8 Å². The van der Waals surface area contributed by atoms with Crippen LogP contribution in [0.2, 0.25) is 0 Å². The average molecular weight is 221 g/mol. The lowest BCUT2D eigenvalue weighted by atomic mass is 9.84. The van der Waals surface area contributed by atoms with E-state index in [4.69, 9.17) is 0 Å². The minimum atomic E-state index is -0.146. The molecule has 0 unspecified atom stereocenters. The van der Waals surface area contributed by atoms with Crippen LogP contribution in [-0.2, 0) is 0 Å². The maximum Gasteiger partial charge on any atom is 0.266 e. The molecule has 0 aliphatic heterocycles. The summed E-state index contributed by atoms with van der Waals surface area (Å²) >= 11 is 0. The summed E-state index contributed by atoms with van der Waals surface area (Å²) in [6.07, 6.45) is 7.96. The summed E-state index contributed by atoms with van der Waals surface area (Å²) in [7, 11) is 0. The van der Waals surface area contributed by atoms with Crippen LogP contribution in [0.5, 0.6) is 0 Å². The molecule has 4 nitrogen and oxygen atoms in total. The SMILES string of the molecule is CCC1CCC(Nc2cn[nH]c(=O)c2)CC1. The molecule has 0 atom stereocenters. The summed E-state index contributed by atoms with van der Waals surface area (Å²) in [6, 6.07) is 2.07. The number of rotatable bonds is 3. The fourth-order valence-electron chi connectivity index (χ4n) is 2.41. The van der Waals surface area contributed by atoms with Gasteiger partial charge in [-0.25, -0.2) is 5.10 Å². The van der Waals surface area contributed by atoms with Crippen molar-refractivity contribution in [3.05, 3.63) is 22.6 Å². The van der Waals surface area contributed by atoms with Gasteiger partial charge in [0.1, 0.15) is 0 Å². The Morgan fingerprint density at radius 1 is 1.44 bits per heavy atom. The van der Waals surface area contributed by atoms with Crippen LogP contribution in [0.3, 0.4) is 0 Å². The molecule has 88 valence electrons. The molecule has 16 heavy (non-hydrogen) atoms. The van der Waals surface area contributed by atoms with Gasteiger partial charge in [-0.3, -0.25) is 4.79 Å². The Morgan fingerprint density at radius 3 is 2.81 bits per heavy atom. The van der Waals surface area contributed by atoms with E-state index in [-0.39, 0.29) is 5.56 Å². The molecule has 0 amide bonds. The third kappa shape index (κ3) is 2.84. The number of aromatic amines is 1. The molecule has 0 aromatic carbocycles. The first-order valence-electron chi connectivity index (χ1n) is 6.09. The van der Waals surface area contributed by atoms with Crippen LogP contribution in [-0.4, -0.2) is 16.2 Å². The van der Waals surface area contributed by atoms with Gasteiger partial charge < -0.3 is 5.32 Å². The number of nitrogens with one attached hydrogen (secondary N) is 2. The molecule has 1 aromatic heterocycles. The van der Waals surface area contributed by atoms with Crippen molar-refractivity contribution in [1.82, 2.24) is 10.2 Å². The molecule has 1 fully saturated rings. The van der Waals surface area contributed by atoms with Gasteiger partial charge in [-0.15, -0.1) is 0 Å².